The van der Waals surface area contributed by atoms with Crippen molar-refractivity contribution in [1.29, 1.82) is 0 Å². The maximum absolute atomic E-state index is 13.5. The number of likely N-dealkylation sites (tertiary alicyclic amines) is 1. The Morgan fingerprint density at radius 1 is 1.06 bits per heavy atom. The molecule has 0 spiro atoms. The Morgan fingerprint density at radius 2 is 1.83 bits per heavy atom. The molecule has 1 aliphatic rings. The Labute approximate surface area is 214 Å². The third-order valence-electron chi connectivity index (χ3n) is 6.63. The summed E-state index contributed by atoms with van der Waals surface area (Å²) in [6, 6.07) is 10.1. The first-order chi connectivity index (χ1) is 16.4. The highest BCUT2D eigenvalue weighted by Crippen LogP contribution is 2.21. The number of piperidine rings is 1. The molecule has 3 aromatic rings. The lowest BCUT2D eigenvalue weighted by Gasteiger charge is -2.26. The molecule has 3 heterocycles. The van der Waals surface area contributed by atoms with E-state index >= 15 is 0 Å². The van der Waals surface area contributed by atoms with Gasteiger partial charge in [0.1, 0.15) is 12.1 Å². The fourth-order valence-corrected chi connectivity index (χ4v) is 4.95. The van der Waals surface area contributed by atoms with Gasteiger partial charge >= 0.3 is 0 Å². The van der Waals surface area contributed by atoms with E-state index in [1.54, 1.807) is 4.57 Å². The normalized spacial score (nSPS) is 14.3. The standard InChI is InChI=1S/C28H38N4O2.ClH/c1-21(2)29-27(33)20-32-26(24-12-9-10-22(3)16-24)19-31-18-23(17-25(31)28(32)34)11-5-8-15-30-13-6-4-7-14-30;/h9-10,12,16-19,21H,4-8,11,13-15,20H2,1-3H3,(H,29,33);1H. The van der Waals surface area contributed by atoms with Crippen molar-refractivity contribution in [2.75, 3.05) is 19.6 Å². The largest absolute Gasteiger partial charge is 0.352 e. The fraction of sp³-hybridized carbons (Fsp3) is 0.500. The molecule has 1 aromatic carbocycles. The topological polar surface area (TPSA) is 58.8 Å². The number of fused-ring (bicyclic) bond motifs is 1. The van der Waals surface area contributed by atoms with Gasteiger partial charge in [0.15, 0.2) is 0 Å². The van der Waals surface area contributed by atoms with E-state index in [2.05, 4.69) is 22.5 Å². The first kappa shape index (κ1) is 27.0. The van der Waals surface area contributed by atoms with E-state index < -0.39 is 0 Å². The van der Waals surface area contributed by atoms with Crippen molar-refractivity contribution in [2.24, 2.45) is 0 Å². The summed E-state index contributed by atoms with van der Waals surface area (Å²) >= 11 is 0. The van der Waals surface area contributed by atoms with Crippen molar-refractivity contribution in [3.8, 4) is 11.3 Å². The van der Waals surface area contributed by atoms with Crippen molar-refractivity contribution in [3.05, 3.63) is 64.2 Å². The lowest BCUT2D eigenvalue weighted by Crippen LogP contribution is -2.36. The lowest BCUT2D eigenvalue weighted by atomic mass is 10.1. The predicted octanol–water partition coefficient (Wildman–Crippen LogP) is 4.83. The summed E-state index contributed by atoms with van der Waals surface area (Å²) < 4.78 is 3.55. The van der Waals surface area contributed by atoms with E-state index in [0.29, 0.717) is 5.52 Å². The highest BCUT2D eigenvalue weighted by Gasteiger charge is 2.16. The average molecular weight is 499 g/mol. The minimum Gasteiger partial charge on any atom is -0.352 e. The van der Waals surface area contributed by atoms with Crippen LogP contribution < -0.4 is 10.9 Å². The quantitative estimate of drug-likeness (QED) is 0.430. The Bertz CT molecular complexity index is 1190. The van der Waals surface area contributed by atoms with Crippen LogP contribution in [0.15, 0.2) is 47.5 Å². The van der Waals surface area contributed by atoms with E-state index in [-0.39, 0.29) is 36.5 Å². The second-order valence-electron chi connectivity index (χ2n) is 10.00. The number of carbonyl (C=O) groups is 1. The van der Waals surface area contributed by atoms with Crippen molar-refractivity contribution in [3.63, 3.8) is 0 Å². The van der Waals surface area contributed by atoms with Crippen LogP contribution in [0.1, 0.15) is 57.1 Å². The number of rotatable bonds is 9. The molecular weight excluding hydrogens is 460 g/mol. The zero-order chi connectivity index (χ0) is 24.1. The number of aryl methyl sites for hydroxylation is 2. The van der Waals surface area contributed by atoms with Crippen LogP contribution in [-0.2, 0) is 17.8 Å². The number of carbonyl (C=O) groups excluding carboxylic acids is 1. The van der Waals surface area contributed by atoms with Crippen LogP contribution in [-0.4, -0.2) is 45.5 Å². The molecule has 7 heteroatoms. The van der Waals surface area contributed by atoms with E-state index in [1.807, 2.05) is 55.6 Å². The molecule has 190 valence electrons. The summed E-state index contributed by atoms with van der Waals surface area (Å²) in [6.07, 6.45) is 11.4. The van der Waals surface area contributed by atoms with Gasteiger partial charge < -0.3 is 14.6 Å². The van der Waals surface area contributed by atoms with Crippen LogP contribution in [0.25, 0.3) is 16.8 Å². The van der Waals surface area contributed by atoms with Gasteiger partial charge in [-0.3, -0.25) is 14.2 Å². The van der Waals surface area contributed by atoms with Gasteiger partial charge in [0.05, 0.1) is 5.69 Å². The number of hydrogen-bond donors (Lipinski definition) is 1. The number of halogens is 1. The number of aromatic nitrogens is 2. The summed E-state index contributed by atoms with van der Waals surface area (Å²) in [6.45, 7) is 9.54. The summed E-state index contributed by atoms with van der Waals surface area (Å²) in [5.74, 6) is -0.153. The second-order valence-corrected chi connectivity index (χ2v) is 10.00. The van der Waals surface area contributed by atoms with Crippen LogP contribution in [0, 0.1) is 6.92 Å². The minimum absolute atomic E-state index is 0. The first-order valence-electron chi connectivity index (χ1n) is 12.7. The summed E-state index contributed by atoms with van der Waals surface area (Å²) in [5.41, 5.74) is 4.48. The number of amides is 1. The molecule has 1 amide bonds. The van der Waals surface area contributed by atoms with Gasteiger partial charge in [-0.25, -0.2) is 0 Å². The molecule has 35 heavy (non-hydrogen) atoms. The third kappa shape index (κ3) is 6.98. The summed E-state index contributed by atoms with van der Waals surface area (Å²) in [7, 11) is 0. The van der Waals surface area contributed by atoms with E-state index in [0.717, 1.165) is 29.7 Å². The van der Waals surface area contributed by atoms with E-state index in [1.165, 1.54) is 50.9 Å². The number of nitrogens with zero attached hydrogens (tertiary/aromatic N) is 3. The molecule has 1 aliphatic heterocycles. The van der Waals surface area contributed by atoms with E-state index in [9.17, 15) is 9.59 Å². The van der Waals surface area contributed by atoms with E-state index in [4.69, 9.17) is 0 Å². The molecule has 0 unspecified atom stereocenters. The third-order valence-corrected chi connectivity index (χ3v) is 6.63. The zero-order valence-electron chi connectivity index (χ0n) is 21.3. The first-order valence-corrected chi connectivity index (χ1v) is 12.7. The fourth-order valence-electron chi connectivity index (χ4n) is 4.95. The van der Waals surface area contributed by atoms with Crippen LogP contribution in [0.5, 0.6) is 0 Å². The Hall–Kier alpha value is -2.57. The smallest absolute Gasteiger partial charge is 0.275 e. The molecule has 0 saturated carbocycles. The molecule has 1 N–H and O–H groups in total. The van der Waals surface area contributed by atoms with Gasteiger partial charge in [-0.2, -0.15) is 0 Å². The number of nitrogens with one attached hydrogen (secondary N) is 1. The van der Waals surface area contributed by atoms with Gasteiger partial charge in [-0.15, -0.1) is 12.4 Å². The van der Waals surface area contributed by atoms with Crippen molar-refractivity contribution in [1.82, 2.24) is 19.2 Å². The molecule has 0 aliphatic carbocycles. The molecule has 1 fully saturated rings. The molecule has 4 rings (SSSR count). The molecule has 6 nitrogen and oxygen atoms in total. The monoisotopic (exact) mass is 498 g/mol. The highest BCUT2D eigenvalue weighted by molar-refractivity contribution is 5.85. The van der Waals surface area contributed by atoms with Crippen molar-refractivity contribution >= 4 is 23.8 Å². The molecule has 0 bridgehead atoms. The molecule has 0 radical (unpaired) electrons. The highest BCUT2D eigenvalue weighted by atomic mass is 35.5. The summed E-state index contributed by atoms with van der Waals surface area (Å²) in [4.78, 5) is 28.7. The van der Waals surface area contributed by atoms with Gasteiger partial charge in [-0.1, -0.05) is 30.2 Å². The molecule has 0 atom stereocenters. The maximum atomic E-state index is 13.5. The van der Waals surface area contributed by atoms with Crippen LogP contribution >= 0.6 is 12.4 Å². The van der Waals surface area contributed by atoms with Crippen molar-refractivity contribution in [2.45, 2.75) is 71.9 Å². The average Bonchev–Trinajstić information content (AvgIpc) is 3.22. The van der Waals surface area contributed by atoms with Crippen LogP contribution in [0.3, 0.4) is 0 Å². The number of unbranched alkanes of at least 4 members (excludes halogenated alkanes) is 1. The number of hydrogen-bond acceptors (Lipinski definition) is 3. The second kappa shape index (κ2) is 12.4. The van der Waals surface area contributed by atoms with Crippen LogP contribution in [0.4, 0.5) is 0 Å². The predicted molar refractivity (Wildman–Crippen MR) is 146 cm³/mol. The molecule has 1 saturated heterocycles. The van der Waals surface area contributed by atoms with Gasteiger partial charge in [0.25, 0.3) is 5.56 Å². The minimum atomic E-state index is -0.153. The molecular formula is C28H39ClN4O2. The van der Waals surface area contributed by atoms with Crippen molar-refractivity contribution < 1.29 is 4.79 Å². The Morgan fingerprint density at radius 3 is 2.54 bits per heavy atom. The Kier molecular flexibility index (Phi) is 9.58. The SMILES string of the molecule is Cc1cccc(-c2cn3cc(CCCCN4CCCCC4)cc3c(=O)n2CC(=O)NC(C)C)c1.Cl. The number of benzene rings is 1. The van der Waals surface area contributed by atoms with Gasteiger partial charge in [0.2, 0.25) is 5.91 Å². The van der Waals surface area contributed by atoms with Gasteiger partial charge in [-0.05, 0) is 90.2 Å². The molecule has 2 aromatic heterocycles. The lowest BCUT2D eigenvalue weighted by molar-refractivity contribution is -0.122. The van der Waals surface area contributed by atoms with Gasteiger partial charge in [0, 0.05) is 24.0 Å². The Balaban J connectivity index is 0.00000342. The zero-order valence-corrected chi connectivity index (χ0v) is 22.1. The summed E-state index contributed by atoms with van der Waals surface area (Å²) in [5, 5.41) is 2.91. The van der Waals surface area contributed by atoms with Crippen LogP contribution in [0.2, 0.25) is 0 Å². The maximum Gasteiger partial charge on any atom is 0.275 e.